The first-order valence-corrected chi connectivity index (χ1v) is 3.98. The number of hydrogen-bond donors (Lipinski definition) is 0. The summed E-state index contributed by atoms with van der Waals surface area (Å²) in [6.07, 6.45) is 2.01. The summed E-state index contributed by atoms with van der Waals surface area (Å²) < 4.78 is 0. The van der Waals surface area contributed by atoms with Crippen LogP contribution in [0.25, 0.3) is 0 Å². The van der Waals surface area contributed by atoms with Crippen molar-refractivity contribution < 1.29 is 0 Å². The predicted molar refractivity (Wildman–Crippen MR) is 50.2 cm³/mol. The van der Waals surface area contributed by atoms with Crippen molar-refractivity contribution in [2.24, 2.45) is 4.99 Å². The zero-order valence-corrected chi connectivity index (χ0v) is 7.28. The summed E-state index contributed by atoms with van der Waals surface area (Å²) in [6.45, 7) is 10.2. The predicted octanol–water partition coefficient (Wildman–Crippen LogP) is 2.20. The second-order valence-corrected chi connectivity index (χ2v) is 2.30. The molecule has 56 valence electrons. The fraction of sp³-hybridized carbons (Fsp3) is 0.625. The Morgan fingerprint density at radius 2 is 2.00 bits per heavy atom. The fourth-order valence-electron chi connectivity index (χ4n) is 0.711. The van der Waals surface area contributed by atoms with Crippen LogP contribution in [0.1, 0.15) is 26.7 Å². The van der Waals surface area contributed by atoms with Crippen molar-refractivity contribution >= 4 is 12.9 Å². The molecule has 0 spiro atoms. The molecule has 0 aromatic carbocycles. The monoisotopic (exact) mass is 137 g/mol. The van der Waals surface area contributed by atoms with Gasteiger partial charge in [-0.2, -0.15) is 0 Å². The van der Waals surface area contributed by atoms with E-state index in [1.54, 1.807) is 0 Å². The van der Waals surface area contributed by atoms with Gasteiger partial charge in [-0.25, -0.2) is 0 Å². The highest BCUT2D eigenvalue weighted by atomic mass is 14.7. The maximum Gasteiger partial charge on any atom is 0.173 e. The van der Waals surface area contributed by atoms with E-state index in [-0.39, 0.29) is 0 Å². The van der Waals surface area contributed by atoms with Crippen molar-refractivity contribution in [1.29, 1.82) is 0 Å². The topological polar surface area (TPSA) is 12.4 Å². The van der Waals surface area contributed by atoms with E-state index in [1.807, 2.05) is 0 Å². The van der Waals surface area contributed by atoms with Gasteiger partial charge in [-0.1, -0.05) is 27.2 Å². The molecule has 0 aliphatic heterocycles. The minimum atomic E-state index is 0.962. The van der Waals surface area contributed by atoms with E-state index in [2.05, 4.69) is 32.2 Å². The van der Waals surface area contributed by atoms with Gasteiger partial charge in [-0.15, -0.1) is 0 Å². The summed E-state index contributed by atoms with van der Waals surface area (Å²) in [5.74, 6) is 0. The quantitative estimate of drug-likeness (QED) is 0.416. The standard InChI is InChI=1S/C8H16BN/c1-5-7(3)10-8(6-2)9-4/h9H,3,5-6H2,1-2,4H3/b10-8+. The Bertz CT molecular complexity index is 132. The number of aliphatic imine (C=N–C) groups is 1. The Labute approximate surface area is 64.5 Å². The third-order valence-corrected chi connectivity index (χ3v) is 1.54. The van der Waals surface area contributed by atoms with Crippen LogP contribution in [-0.2, 0) is 0 Å². The van der Waals surface area contributed by atoms with E-state index in [0.717, 1.165) is 25.8 Å². The van der Waals surface area contributed by atoms with Gasteiger partial charge in [0.1, 0.15) is 0 Å². The van der Waals surface area contributed by atoms with Crippen LogP contribution in [0.5, 0.6) is 0 Å². The molecule has 0 N–H and O–H groups in total. The Morgan fingerprint density at radius 1 is 1.40 bits per heavy atom. The molecular weight excluding hydrogens is 121 g/mol. The zero-order valence-electron chi connectivity index (χ0n) is 7.28. The second kappa shape index (κ2) is 5.27. The van der Waals surface area contributed by atoms with Gasteiger partial charge < -0.3 is 0 Å². The first-order valence-electron chi connectivity index (χ1n) is 3.98. The van der Waals surface area contributed by atoms with Crippen LogP contribution in [0.2, 0.25) is 6.82 Å². The number of nitrogens with zero attached hydrogens (tertiary/aromatic N) is 1. The van der Waals surface area contributed by atoms with Crippen molar-refractivity contribution in [3.05, 3.63) is 12.3 Å². The van der Waals surface area contributed by atoms with Gasteiger partial charge in [0, 0.05) is 5.70 Å². The minimum absolute atomic E-state index is 0.962. The van der Waals surface area contributed by atoms with Crippen molar-refractivity contribution in [3.8, 4) is 0 Å². The molecule has 0 unspecified atom stereocenters. The highest BCUT2D eigenvalue weighted by Crippen LogP contribution is 1.99. The van der Waals surface area contributed by atoms with E-state index in [9.17, 15) is 0 Å². The number of rotatable bonds is 4. The molecule has 0 saturated heterocycles. The summed E-state index contributed by atoms with van der Waals surface area (Å²) in [6, 6.07) is 0. The van der Waals surface area contributed by atoms with Gasteiger partial charge in [-0.05, 0) is 18.5 Å². The van der Waals surface area contributed by atoms with Crippen LogP contribution in [0, 0.1) is 0 Å². The molecule has 10 heavy (non-hydrogen) atoms. The number of allylic oxidation sites excluding steroid dienone is 1. The molecule has 1 nitrogen and oxygen atoms in total. The molecule has 0 aliphatic rings. The lowest BCUT2D eigenvalue weighted by molar-refractivity contribution is 1.07. The fourth-order valence-corrected chi connectivity index (χ4v) is 0.711. The molecule has 0 aromatic heterocycles. The van der Waals surface area contributed by atoms with Crippen LogP contribution in [-0.4, -0.2) is 12.9 Å². The van der Waals surface area contributed by atoms with E-state index in [0.29, 0.717) is 0 Å². The van der Waals surface area contributed by atoms with Gasteiger partial charge in [0.15, 0.2) is 7.28 Å². The Balaban J connectivity index is 3.96. The van der Waals surface area contributed by atoms with Crippen LogP contribution < -0.4 is 0 Å². The molecule has 0 amide bonds. The molecule has 0 heterocycles. The molecule has 0 fully saturated rings. The average molecular weight is 137 g/mol. The van der Waals surface area contributed by atoms with E-state index < -0.39 is 0 Å². The maximum absolute atomic E-state index is 4.35. The Morgan fingerprint density at radius 3 is 2.30 bits per heavy atom. The lowest BCUT2D eigenvalue weighted by atomic mass is 9.74. The van der Waals surface area contributed by atoms with E-state index in [4.69, 9.17) is 0 Å². The molecule has 0 aliphatic carbocycles. The van der Waals surface area contributed by atoms with Gasteiger partial charge in [0.25, 0.3) is 0 Å². The van der Waals surface area contributed by atoms with E-state index in [1.165, 1.54) is 5.61 Å². The average Bonchev–Trinajstić information content (AvgIpc) is 1.99. The van der Waals surface area contributed by atoms with Crippen molar-refractivity contribution in [3.63, 3.8) is 0 Å². The highest BCUT2D eigenvalue weighted by Gasteiger charge is 1.92. The lowest BCUT2D eigenvalue weighted by Gasteiger charge is -1.98. The first kappa shape index (κ1) is 9.47. The minimum Gasteiger partial charge on any atom is -0.273 e. The van der Waals surface area contributed by atoms with Gasteiger partial charge in [0.2, 0.25) is 0 Å². The van der Waals surface area contributed by atoms with Crippen LogP contribution in [0.4, 0.5) is 0 Å². The third-order valence-electron chi connectivity index (χ3n) is 1.54. The van der Waals surface area contributed by atoms with E-state index >= 15 is 0 Å². The molecular formula is C8H16BN. The Hall–Kier alpha value is -0.525. The number of hydrogen-bond acceptors (Lipinski definition) is 1. The maximum atomic E-state index is 4.35. The smallest absolute Gasteiger partial charge is 0.173 e. The summed E-state index contributed by atoms with van der Waals surface area (Å²) in [5, 5.41) is 0. The SMILES string of the molecule is C=C(CC)/N=C(/BC)CC. The van der Waals surface area contributed by atoms with Crippen molar-refractivity contribution in [1.82, 2.24) is 0 Å². The molecule has 0 aromatic rings. The second-order valence-electron chi connectivity index (χ2n) is 2.30. The molecule has 2 heteroatoms. The van der Waals surface area contributed by atoms with Crippen LogP contribution >= 0.6 is 0 Å². The molecule has 0 rings (SSSR count). The van der Waals surface area contributed by atoms with Gasteiger partial charge in [0.05, 0.1) is 0 Å². The normalized spacial score (nSPS) is 11.3. The zero-order chi connectivity index (χ0) is 7.98. The van der Waals surface area contributed by atoms with Gasteiger partial charge in [-0.3, -0.25) is 4.99 Å². The van der Waals surface area contributed by atoms with Crippen molar-refractivity contribution in [2.45, 2.75) is 33.5 Å². The van der Waals surface area contributed by atoms with Crippen molar-refractivity contribution in [2.75, 3.05) is 0 Å². The van der Waals surface area contributed by atoms with Gasteiger partial charge >= 0.3 is 0 Å². The highest BCUT2D eigenvalue weighted by molar-refractivity contribution is 6.74. The Kier molecular flexibility index (Phi) is 5.00. The summed E-state index contributed by atoms with van der Waals surface area (Å²) in [4.78, 5) is 4.35. The molecule has 0 radical (unpaired) electrons. The summed E-state index contributed by atoms with van der Waals surface area (Å²) in [7, 11) is 1.05. The van der Waals surface area contributed by atoms with Crippen LogP contribution in [0.3, 0.4) is 0 Å². The summed E-state index contributed by atoms with van der Waals surface area (Å²) >= 11 is 0. The summed E-state index contributed by atoms with van der Waals surface area (Å²) in [5.41, 5.74) is 2.26. The molecule has 0 atom stereocenters. The molecule has 0 saturated carbocycles. The van der Waals surface area contributed by atoms with Crippen LogP contribution in [0.15, 0.2) is 17.3 Å². The lowest BCUT2D eigenvalue weighted by Crippen LogP contribution is -2.03. The molecule has 0 bridgehead atoms. The first-order chi connectivity index (χ1) is 4.74. The largest absolute Gasteiger partial charge is 0.273 e. The third kappa shape index (κ3) is 3.49.